The maximum absolute atomic E-state index is 6.77. The van der Waals surface area contributed by atoms with Crippen LogP contribution in [0.5, 0.6) is 0 Å². The number of rotatable bonds is 4. The Morgan fingerprint density at radius 2 is 1.28 bits per heavy atom. The molecule has 4 saturated carbocycles. The predicted octanol–water partition coefficient (Wildman–Crippen LogP) is 7.47. The Morgan fingerprint density at radius 3 is 1.93 bits per heavy atom. The molecule has 4 fully saturated rings. The molecule has 0 saturated heterocycles. The standard InChI is InChI=1S/C25H48O2Si2/c1-24-15-13-19(26-28(3,4)5)17-18(24)9-10-20-21-11-12-23(27-29(6,7)8)25(21,2)16-14-22(20)24/h18-23H,9-17H2,1-8H3/t18?,19?,20-,21-,22-,23?,24-,25-/m0/s1. The minimum absolute atomic E-state index is 0.447. The second-order valence-electron chi connectivity index (χ2n) is 13.6. The zero-order valence-electron chi connectivity index (χ0n) is 20.6. The van der Waals surface area contributed by atoms with E-state index in [1.165, 1.54) is 57.8 Å². The van der Waals surface area contributed by atoms with E-state index in [4.69, 9.17) is 8.85 Å². The Kier molecular flexibility index (Phi) is 5.79. The third-order valence-corrected chi connectivity index (χ3v) is 11.6. The molecular formula is C25H48O2Si2. The fourth-order valence-corrected chi connectivity index (χ4v) is 10.9. The van der Waals surface area contributed by atoms with Gasteiger partial charge in [-0.1, -0.05) is 13.8 Å². The van der Waals surface area contributed by atoms with E-state index in [9.17, 15) is 0 Å². The Hall–Kier alpha value is 0.354. The van der Waals surface area contributed by atoms with Gasteiger partial charge in [0, 0.05) is 6.10 Å². The highest BCUT2D eigenvalue weighted by molar-refractivity contribution is 6.70. The Labute approximate surface area is 183 Å². The molecule has 4 rings (SSSR count). The van der Waals surface area contributed by atoms with Gasteiger partial charge in [0.1, 0.15) is 0 Å². The predicted molar refractivity (Wildman–Crippen MR) is 128 cm³/mol. The summed E-state index contributed by atoms with van der Waals surface area (Å²) in [7, 11) is -2.90. The molecule has 4 aliphatic rings. The molecule has 0 aromatic rings. The smallest absolute Gasteiger partial charge is 0.184 e. The lowest BCUT2D eigenvalue weighted by Crippen LogP contribution is -2.55. The number of hydrogen-bond acceptors (Lipinski definition) is 2. The minimum atomic E-state index is -1.47. The average Bonchev–Trinajstić information content (AvgIpc) is 2.89. The van der Waals surface area contributed by atoms with Crippen molar-refractivity contribution in [1.29, 1.82) is 0 Å². The van der Waals surface area contributed by atoms with Crippen molar-refractivity contribution in [2.45, 2.75) is 123 Å². The SMILES string of the molecule is C[C@]12CCC(O[Si](C)(C)C)CC1CC[C@@H]1[C@@H]2CC[C@]2(C)C(O[Si](C)(C)C)CC[C@@H]12. The van der Waals surface area contributed by atoms with Crippen LogP contribution in [0.4, 0.5) is 0 Å². The van der Waals surface area contributed by atoms with Crippen LogP contribution in [-0.4, -0.2) is 28.8 Å². The Bertz CT molecular complexity index is 609. The van der Waals surface area contributed by atoms with Crippen molar-refractivity contribution in [3.8, 4) is 0 Å². The van der Waals surface area contributed by atoms with Gasteiger partial charge in [0.25, 0.3) is 0 Å². The summed E-state index contributed by atoms with van der Waals surface area (Å²) >= 11 is 0. The highest BCUT2D eigenvalue weighted by atomic mass is 28.4. The van der Waals surface area contributed by atoms with Crippen LogP contribution in [-0.2, 0) is 8.85 Å². The maximum Gasteiger partial charge on any atom is 0.184 e. The van der Waals surface area contributed by atoms with Gasteiger partial charge in [0.2, 0.25) is 0 Å². The van der Waals surface area contributed by atoms with Gasteiger partial charge in [0.05, 0.1) is 6.10 Å². The van der Waals surface area contributed by atoms with E-state index < -0.39 is 16.6 Å². The lowest BCUT2D eigenvalue weighted by molar-refractivity contribution is -0.130. The van der Waals surface area contributed by atoms with Crippen molar-refractivity contribution in [3.05, 3.63) is 0 Å². The van der Waals surface area contributed by atoms with Crippen molar-refractivity contribution in [2.24, 2.45) is 34.5 Å². The largest absolute Gasteiger partial charge is 0.415 e. The molecule has 4 heteroatoms. The van der Waals surface area contributed by atoms with Gasteiger partial charge in [-0.05, 0) is 132 Å². The molecule has 0 N–H and O–H groups in total. The second-order valence-corrected chi connectivity index (χ2v) is 22.5. The Balaban J connectivity index is 1.49. The van der Waals surface area contributed by atoms with E-state index in [1.807, 2.05) is 0 Å². The van der Waals surface area contributed by atoms with Crippen molar-refractivity contribution in [1.82, 2.24) is 0 Å². The van der Waals surface area contributed by atoms with Gasteiger partial charge >= 0.3 is 0 Å². The number of hydrogen-bond donors (Lipinski definition) is 0. The first-order valence-electron chi connectivity index (χ1n) is 12.7. The van der Waals surface area contributed by atoms with Crippen LogP contribution < -0.4 is 0 Å². The summed E-state index contributed by atoms with van der Waals surface area (Å²) in [5.41, 5.74) is 1.02. The highest BCUT2D eigenvalue weighted by Crippen LogP contribution is 2.66. The van der Waals surface area contributed by atoms with Crippen molar-refractivity contribution in [3.63, 3.8) is 0 Å². The maximum atomic E-state index is 6.77. The summed E-state index contributed by atoms with van der Waals surface area (Å²) in [6, 6.07) is 0. The third-order valence-electron chi connectivity index (χ3n) is 9.55. The van der Waals surface area contributed by atoms with Crippen LogP contribution in [0.2, 0.25) is 39.3 Å². The van der Waals surface area contributed by atoms with Gasteiger partial charge < -0.3 is 8.85 Å². The van der Waals surface area contributed by atoms with Crippen molar-refractivity contribution >= 4 is 16.6 Å². The fraction of sp³-hybridized carbons (Fsp3) is 1.00. The highest BCUT2D eigenvalue weighted by Gasteiger charge is 2.60. The molecule has 29 heavy (non-hydrogen) atoms. The molecule has 4 aliphatic carbocycles. The van der Waals surface area contributed by atoms with E-state index in [2.05, 4.69) is 53.1 Å². The van der Waals surface area contributed by atoms with Crippen LogP contribution in [0.25, 0.3) is 0 Å². The molecule has 0 radical (unpaired) electrons. The van der Waals surface area contributed by atoms with Crippen molar-refractivity contribution in [2.75, 3.05) is 0 Å². The first kappa shape index (κ1) is 22.5. The normalized spacial score (nSPS) is 48.0. The summed E-state index contributed by atoms with van der Waals surface area (Å²) in [4.78, 5) is 0. The van der Waals surface area contributed by atoms with E-state index in [-0.39, 0.29) is 0 Å². The third kappa shape index (κ3) is 4.21. The second kappa shape index (κ2) is 7.45. The van der Waals surface area contributed by atoms with Crippen LogP contribution in [0.1, 0.15) is 71.6 Å². The van der Waals surface area contributed by atoms with Gasteiger partial charge in [-0.2, -0.15) is 0 Å². The minimum Gasteiger partial charge on any atom is -0.415 e. The molecule has 0 amide bonds. The molecule has 0 spiro atoms. The number of fused-ring (bicyclic) bond motifs is 5. The molecule has 0 aromatic carbocycles. The molecule has 0 aromatic heterocycles. The quantitative estimate of drug-likeness (QED) is 0.425. The summed E-state index contributed by atoms with van der Waals surface area (Å²) in [5, 5.41) is 0. The summed E-state index contributed by atoms with van der Waals surface area (Å²) < 4.78 is 13.3. The summed E-state index contributed by atoms with van der Waals surface area (Å²) in [6.07, 6.45) is 13.7. The average molecular weight is 437 g/mol. The van der Waals surface area contributed by atoms with Crippen LogP contribution in [0, 0.1) is 34.5 Å². The summed E-state index contributed by atoms with van der Waals surface area (Å²) in [5.74, 6) is 3.73. The Morgan fingerprint density at radius 1 is 0.655 bits per heavy atom. The van der Waals surface area contributed by atoms with Gasteiger partial charge in [-0.25, -0.2) is 0 Å². The first-order chi connectivity index (χ1) is 13.3. The molecule has 0 bridgehead atoms. The van der Waals surface area contributed by atoms with Gasteiger partial charge in [0.15, 0.2) is 16.6 Å². The lowest BCUT2D eigenvalue weighted by atomic mass is 9.45. The van der Waals surface area contributed by atoms with E-state index in [0.29, 0.717) is 23.0 Å². The zero-order valence-corrected chi connectivity index (χ0v) is 22.6. The van der Waals surface area contributed by atoms with Gasteiger partial charge in [-0.15, -0.1) is 0 Å². The molecular weight excluding hydrogens is 388 g/mol. The van der Waals surface area contributed by atoms with Crippen LogP contribution in [0.15, 0.2) is 0 Å². The molecule has 3 unspecified atom stereocenters. The topological polar surface area (TPSA) is 18.5 Å². The van der Waals surface area contributed by atoms with E-state index in [0.717, 1.165) is 23.7 Å². The molecule has 8 atom stereocenters. The molecule has 0 heterocycles. The van der Waals surface area contributed by atoms with Gasteiger partial charge in [-0.3, -0.25) is 0 Å². The first-order valence-corrected chi connectivity index (χ1v) is 19.5. The van der Waals surface area contributed by atoms with Crippen LogP contribution in [0.3, 0.4) is 0 Å². The fourth-order valence-electron chi connectivity index (χ4n) is 8.40. The van der Waals surface area contributed by atoms with E-state index in [1.54, 1.807) is 0 Å². The summed E-state index contributed by atoms with van der Waals surface area (Å²) in [6.45, 7) is 19.5. The van der Waals surface area contributed by atoms with Crippen molar-refractivity contribution < 1.29 is 8.85 Å². The molecule has 0 aliphatic heterocycles. The van der Waals surface area contributed by atoms with Crippen LogP contribution >= 0.6 is 0 Å². The lowest BCUT2D eigenvalue weighted by Gasteiger charge is -2.61. The molecule has 168 valence electrons. The molecule has 2 nitrogen and oxygen atoms in total. The zero-order chi connectivity index (χ0) is 21.2. The van der Waals surface area contributed by atoms with E-state index >= 15 is 0 Å². The monoisotopic (exact) mass is 436 g/mol.